The van der Waals surface area contributed by atoms with Crippen LogP contribution in [0.5, 0.6) is 0 Å². The minimum absolute atomic E-state index is 0.209. The molecule has 5 nitrogen and oxygen atoms in total. The van der Waals surface area contributed by atoms with E-state index in [0.717, 1.165) is 35.4 Å². The van der Waals surface area contributed by atoms with Crippen LogP contribution < -0.4 is 10.9 Å². The summed E-state index contributed by atoms with van der Waals surface area (Å²) in [5, 5.41) is 2.81. The molecule has 0 saturated heterocycles. The minimum atomic E-state index is -0.331. The summed E-state index contributed by atoms with van der Waals surface area (Å²) < 4.78 is 0. The number of carbonyl (C=O) groups is 1. The van der Waals surface area contributed by atoms with Crippen LogP contribution in [-0.2, 0) is 6.42 Å². The molecule has 0 saturated carbocycles. The number of hydrogen-bond donors (Lipinski definition) is 2. The van der Waals surface area contributed by atoms with E-state index in [1.807, 2.05) is 32.0 Å². The lowest BCUT2D eigenvalue weighted by atomic mass is 10.0. The Balaban J connectivity index is 1.96. The highest BCUT2D eigenvalue weighted by Crippen LogP contribution is 2.11. The number of nitrogens with one attached hydrogen (secondary N) is 2. The van der Waals surface area contributed by atoms with Crippen LogP contribution in [-0.4, -0.2) is 22.4 Å². The smallest absolute Gasteiger partial charge is 0.261 e. The molecule has 0 atom stereocenters. The summed E-state index contributed by atoms with van der Waals surface area (Å²) in [6, 6.07) is 5.78. The zero-order valence-corrected chi connectivity index (χ0v) is 13.2. The van der Waals surface area contributed by atoms with Crippen LogP contribution in [0.1, 0.15) is 39.3 Å². The molecule has 0 radical (unpaired) electrons. The van der Waals surface area contributed by atoms with E-state index in [1.165, 1.54) is 0 Å². The van der Waals surface area contributed by atoms with Gasteiger partial charge in [0.1, 0.15) is 5.56 Å². The van der Waals surface area contributed by atoms with Crippen molar-refractivity contribution in [3.63, 3.8) is 0 Å². The first-order valence-corrected chi connectivity index (χ1v) is 7.39. The molecular formula is C17H21N3O2. The molecular weight excluding hydrogens is 278 g/mol. The van der Waals surface area contributed by atoms with Crippen LogP contribution in [0.4, 0.5) is 0 Å². The van der Waals surface area contributed by atoms with Crippen LogP contribution in [0.3, 0.4) is 0 Å². The number of aromatic amines is 1. The van der Waals surface area contributed by atoms with Gasteiger partial charge in [-0.2, -0.15) is 0 Å². The number of aromatic nitrogens is 2. The maximum atomic E-state index is 12.2. The second-order valence-electron chi connectivity index (χ2n) is 5.38. The van der Waals surface area contributed by atoms with Crippen molar-refractivity contribution in [1.82, 2.24) is 15.3 Å². The minimum Gasteiger partial charge on any atom is -0.352 e. The second-order valence-corrected chi connectivity index (χ2v) is 5.38. The van der Waals surface area contributed by atoms with Gasteiger partial charge in [-0.25, -0.2) is 0 Å². The Morgan fingerprint density at radius 3 is 2.68 bits per heavy atom. The third kappa shape index (κ3) is 3.61. The molecule has 0 bridgehead atoms. The predicted octanol–water partition coefficient (Wildman–Crippen LogP) is 2.06. The lowest BCUT2D eigenvalue weighted by molar-refractivity contribution is 0.0951. The average molecular weight is 299 g/mol. The van der Waals surface area contributed by atoms with E-state index < -0.39 is 0 Å². The number of amides is 1. The topological polar surface area (TPSA) is 74.8 Å². The molecule has 116 valence electrons. The number of nitrogens with zero attached hydrogens (tertiary/aromatic N) is 1. The number of hydrogen-bond acceptors (Lipinski definition) is 3. The van der Waals surface area contributed by atoms with Gasteiger partial charge in [0, 0.05) is 24.1 Å². The monoisotopic (exact) mass is 299 g/mol. The van der Waals surface area contributed by atoms with Gasteiger partial charge in [-0.1, -0.05) is 6.07 Å². The van der Waals surface area contributed by atoms with Crippen LogP contribution in [0.25, 0.3) is 0 Å². The lowest BCUT2D eigenvalue weighted by Gasteiger charge is -2.10. The van der Waals surface area contributed by atoms with Crippen LogP contribution >= 0.6 is 0 Å². The van der Waals surface area contributed by atoms with Gasteiger partial charge < -0.3 is 10.3 Å². The maximum absolute atomic E-state index is 12.2. The molecule has 2 heterocycles. The van der Waals surface area contributed by atoms with Gasteiger partial charge in [0.15, 0.2) is 0 Å². The van der Waals surface area contributed by atoms with Crippen molar-refractivity contribution in [2.45, 2.75) is 33.6 Å². The Bertz CT molecular complexity index is 721. The van der Waals surface area contributed by atoms with Crippen molar-refractivity contribution >= 4 is 5.91 Å². The van der Waals surface area contributed by atoms with Crippen molar-refractivity contribution in [1.29, 1.82) is 0 Å². The van der Waals surface area contributed by atoms with E-state index in [4.69, 9.17) is 0 Å². The third-order valence-corrected chi connectivity index (χ3v) is 3.88. The molecule has 1 amide bonds. The van der Waals surface area contributed by atoms with E-state index in [0.29, 0.717) is 6.54 Å². The largest absolute Gasteiger partial charge is 0.352 e. The van der Waals surface area contributed by atoms with Gasteiger partial charge in [0.05, 0.1) is 0 Å². The van der Waals surface area contributed by atoms with Gasteiger partial charge in [-0.15, -0.1) is 0 Å². The number of aryl methyl sites for hydroxylation is 2. The third-order valence-electron chi connectivity index (χ3n) is 3.88. The summed E-state index contributed by atoms with van der Waals surface area (Å²) in [4.78, 5) is 31.2. The van der Waals surface area contributed by atoms with Crippen LogP contribution in [0.15, 0.2) is 29.2 Å². The molecule has 5 heteroatoms. The van der Waals surface area contributed by atoms with Gasteiger partial charge in [-0.05, 0) is 56.9 Å². The van der Waals surface area contributed by atoms with Crippen molar-refractivity contribution in [2.24, 2.45) is 0 Å². The number of H-pyrrole nitrogens is 1. The highest BCUT2D eigenvalue weighted by Gasteiger charge is 2.16. The summed E-state index contributed by atoms with van der Waals surface area (Å²) >= 11 is 0. The average Bonchev–Trinajstić information content (AvgIpc) is 2.50. The van der Waals surface area contributed by atoms with Crippen molar-refractivity contribution in [3.05, 3.63) is 62.8 Å². The molecule has 0 spiro atoms. The molecule has 2 aromatic heterocycles. The standard InChI is InChI=1S/C17H21N3O2/c1-11-12(2)15(17(22)20-13(11)3)16(21)19-10-6-8-14-7-4-5-9-18-14/h4-5,7,9H,6,8,10H2,1-3H3,(H,19,21)(H,20,22). The van der Waals surface area contributed by atoms with Gasteiger partial charge in [0.2, 0.25) is 0 Å². The molecule has 0 aliphatic carbocycles. The Labute approximate surface area is 129 Å². The van der Waals surface area contributed by atoms with Gasteiger partial charge in [0.25, 0.3) is 11.5 Å². The SMILES string of the molecule is Cc1[nH]c(=O)c(C(=O)NCCCc2ccccn2)c(C)c1C. The molecule has 0 aromatic carbocycles. The van der Waals surface area contributed by atoms with Gasteiger partial charge >= 0.3 is 0 Å². The number of carbonyl (C=O) groups excluding carboxylic acids is 1. The Hall–Kier alpha value is -2.43. The molecule has 2 rings (SSSR count). The fourth-order valence-electron chi connectivity index (χ4n) is 2.34. The highest BCUT2D eigenvalue weighted by atomic mass is 16.2. The first-order valence-electron chi connectivity index (χ1n) is 7.39. The molecule has 0 fully saturated rings. The number of rotatable bonds is 5. The van der Waals surface area contributed by atoms with E-state index in [1.54, 1.807) is 13.1 Å². The lowest BCUT2D eigenvalue weighted by Crippen LogP contribution is -2.32. The van der Waals surface area contributed by atoms with Crippen molar-refractivity contribution in [2.75, 3.05) is 6.54 Å². The van der Waals surface area contributed by atoms with E-state index in [9.17, 15) is 9.59 Å². The zero-order valence-electron chi connectivity index (χ0n) is 13.2. The first kappa shape index (κ1) is 15.9. The molecule has 0 aliphatic rings. The summed E-state index contributed by atoms with van der Waals surface area (Å²) in [5.74, 6) is -0.317. The summed E-state index contributed by atoms with van der Waals surface area (Å²) in [6.07, 6.45) is 3.33. The van der Waals surface area contributed by atoms with E-state index >= 15 is 0 Å². The Morgan fingerprint density at radius 1 is 1.23 bits per heavy atom. The van der Waals surface area contributed by atoms with E-state index in [-0.39, 0.29) is 17.0 Å². The second kappa shape index (κ2) is 7.02. The molecule has 0 aliphatic heterocycles. The molecule has 2 N–H and O–H groups in total. The predicted molar refractivity (Wildman–Crippen MR) is 86.2 cm³/mol. The van der Waals surface area contributed by atoms with Crippen LogP contribution in [0, 0.1) is 20.8 Å². The maximum Gasteiger partial charge on any atom is 0.261 e. The fourth-order valence-corrected chi connectivity index (χ4v) is 2.34. The Kier molecular flexibility index (Phi) is 5.09. The van der Waals surface area contributed by atoms with Crippen LogP contribution in [0.2, 0.25) is 0 Å². The quantitative estimate of drug-likeness (QED) is 0.830. The summed E-state index contributed by atoms with van der Waals surface area (Å²) in [7, 11) is 0. The van der Waals surface area contributed by atoms with E-state index in [2.05, 4.69) is 15.3 Å². The molecule has 0 unspecified atom stereocenters. The Morgan fingerprint density at radius 2 is 2.00 bits per heavy atom. The number of pyridine rings is 2. The zero-order chi connectivity index (χ0) is 16.1. The highest BCUT2D eigenvalue weighted by molar-refractivity contribution is 5.95. The molecule has 22 heavy (non-hydrogen) atoms. The summed E-state index contributed by atoms with van der Waals surface area (Å²) in [5.41, 5.74) is 3.36. The van der Waals surface area contributed by atoms with Crippen molar-refractivity contribution in [3.8, 4) is 0 Å². The fraction of sp³-hybridized carbons (Fsp3) is 0.353. The van der Waals surface area contributed by atoms with Gasteiger partial charge in [-0.3, -0.25) is 14.6 Å². The van der Waals surface area contributed by atoms with Crippen molar-refractivity contribution < 1.29 is 4.79 Å². The summed E-state index contributed by atoms with van der Waals surface area (Å²) in [6.45, 7) is 6.05. The molecule has 2 aromatic rings. The first-order chi connectivity index (χ1) is 10.5. The normalized spacial score (nSPS) is 10.5.